The summed E-state index contributed by atoms with van der Waals surface area (Å²) >= 11 is 1.76. The van der Waals surface area contributed by atoms with Crippen LogP contribution in [-0.2, 0) is 13.1 Å². The lowest BCUT2D eigenvalue weighted by Gasteiger charge is -2.41. The molecule has 25 heavy (non-hydrogen) atoms. The molecule has 1 aliphatic heterocycles. The van der Waals surface area contributed by atoms with E-state index in [-0.39, 0.29) is 6.61 Å². The lowest BCUT2D eigenvalue weighted by molar-refractivity contribution is 0.0504. The van der Waals surface area contributed by atoms with Crippen molar-refractivity contribution in [2.24, 2.45) is 0 Å². The molecule has 2 aromatic rings. The summed E-state index contributed by atoms with van der Waals surface area (Å²) in [6.45, 7) is 5.26. The SMILES string of the molecule is CN(C)c1ncc(CN2CCN(Cc3ccccc3)C(CCO)C2)s1. The van der Waals surface area contributed by atoms with E-state index in [0.29, 0.717) is 6.04 Å². The Bertz CT molecular complexity index is 646. The Kier molecular flexibility index (Phi) is 6.42. The number of aliphatic hydroxyl groups is 1. The molecule has 1 aromatic carbocycles. The maximum atomic E-state index is 9.48. The van der Waals surface area contributed by atoms with Gasteiger partial charge < -0.3 is 10.0 Å². The molecule has 0 saturated carbocycles. The quantitative estimate of drug-likeness (QED) is 0.821. The van der Waals surface area contributed by atoms with E-state index in [9.17, 15) is 5.11 Å². The summed E-state index contributed by atoms with van der Waals surface area (Å²) in [5.41, 5.74) is 1.34. The molecule has 3 rings (SSSR count). The van der Waals surface area contributed by atoms with Crippen LogP contribution in [0.15, 0.2) is 36.5 Å². The summed E-state index contributed by atoms with van der Waals surface area (Å²) < 4.78 is 0. The van der Waals surface area contributed by atoms with Gasteiger partial charge in [-0.3, -0.25) is 9.80 Å². The van der Waals surface area contributed by atoms with Gasteiger partial charge in [-0.1, -0.05) is 30.3 Å². The number of aliphatic hydroxyl groups excluding tert-OH is 1. The molecule has 1 atom stereocenters. The molecule has 5 nitrogen and oxygen atoms in total. The van der Waals surface area contributed by atoms with Crippen LogP contribution in [0, 0.1) is 0 Å². The highest BCUT2D eigenvalue weighted by molar-refractivity contribution is 7.15. The zero-order valence-electron chi connectivity index (χ0n) is 15.1. The summed E-state index contributed by atoms with van der Waals surface area (Å²) in [7, 11) is 4.06. The minimum atomic E-state index is 0.245. The first kappa shape index (κ1) is 18.3. The van der Waals surface area contributed by atoms with Gasteiger partial charge in [0.1, 0.15) is 0 Å². The van der Waals surface area contributed by atoms with Gasteiger partial charge in [-0.25, -0.2) is 4.98 Å². The van der Waals surface area contributed by atoms with Crippen LogP contribution in [0.5, 0.6) is 0 Å². The fourth-order valence-corrected chi connectivity index (χ4v) is 4.22. The van der Waals surface area contributed by atoms with Gasteiger partial charge in [-0.15, -0.1) is 11.3 Å². The Morgan fingerprint density at radius 2 is 2.00 bits per heavy atom. The number of hydrogen-bond acceptors (Lipinski definition) is 6. The highest BCUT2D eigenvalue weighted by Crippen LogP contribution is 2.24. The smallest absolute Gasteiger partial charge is 0.185 e. The van der Waals surface area contributed by atoms with Gasteiger partial charge in [0.25, 0.3) is 0 Å². The van der Waals surface area contributed by atoms with Crippen LogP contribution in [0.2, 0.25) is 0 Å². The topological polar surface area (TPSA) is 42.8 Å². The predicted molar refractivity (Wildman–Crippen MR) is 104 cm³/mol. The van der Waals surface area contributed by atoms with Crippen LogP contribution >= 0.6 is 11.3 Å². The van der Waals surface area contributed by atoms with E-state index < -0.39 is 0 Å². The number of thiazole rings is 1. The lowest BCUT2D eigenvalue weighted by atomic mass is 10.1. The number of nitrogens with zero attached hydrogens (tertiary/aromatic N) is 4. The second-order valence-corrected chi connectivity index (χ2v) is 7.95. The maximum Gasteiger partial charge on any atom is 0.185 e. The van der Waals surface area contributed by atoms with Gasteiger partial charge >= 0.3 is 0 Å². The van der Waals surface area contributed by atoms with Gasteiger partial charge in [0.15, 0.2) is 5.13 Å². The molecule has 1 aromatic heterocycles. The number of aromatic nitrogens is 1. The Morgan fingerprint density at radius 3 is 2.68 bits per heavy atom. The number of anilines is 1. The van der Waals surface area contributed by atoms with Crippen LogP contribution in [0.25, 0.3) is 0 Å². The summed E-state index contributed by atoms with van der Waals surface area (Å²) in [5, 5.41) is 10.5. The third kappa shape index (κ3) is 5.01. The monoisotopic (exact) mass is 360 g/mol. The highest BCUT2D eigenvalue weighted by atomic mass is 32.1. The number of rotatable bonds is 7. The standard InChI is InChI=1S/C19H28N4OS/c1-21(2)19-20-12-18(25-19)15-22-9-10-23(17(14-22)8-11-24)13-16-6-4-3-5-7-16/h3-7,12,17,24H,8-11,13-15H2,1-2H3. The first-order valence-electron chi connectivity index (χ1n) is 8.89. The van der Waals surface area contributed by atoms with Gasteiger partial charge in [0, 0.05) is 70.5 Å². The van der Waals surface area contributed by atoms with E-state index >= 15 is 0 Å². The molecule has 1 N–H and O–H groups in total. The Balaban J connectivity index is 1.60. The van der Waals surface area contributed by atoms with Crippen molar-refractivity contribution in [3.63, 3.8) is 0 Å². The molecule has 0 amide bonds. The van der Waals surface area contributed by atoms with E-state index in [0.717, 1.165) is 44.3 Å². The second-order valence-electron chi connectivity index (χ2n) is 6.86. The average Bonchev–Trinajstić information content (AvgIpc) is 3.07. The third-order valence-corrected chi connectivity index (χ3v) is 5.83. The van der Waals surface area contributed by atoms with Crippen molar-refractivity contribution in [2.45, 2.75) is 25.6 Å². The lowest BCUT2D eigenvalue weighted by Crippen LogP contribution is -2.52. The number of hydrogen-bond donors (Lipinski definition) is 1. The molecule has 0 bridgehead atoms. The van der Waals surface area contributed by atoms with Crippen molar-refractivity contribution in [1.82, 2.24) is 14.8 Å². The van der Waals surface area contributed by atoms with Crippen molar-refractivity contribution in [2.75, 3.05) is 45.2 Å². The Labute approximate surface area is 154 Å². The van der Waals surface area contributed by atoms with Crippen LogP contribution in [0.3, 0.4) is 0 Å². The Morgan fingerprint density at radius 1 is 1.20 bits per heavy atom. The summed E-state index contributed by atoms with van der Waals surface area (Å²) in [4.78, 5) is 12.8. The Hall–Kier alpha value is -1.47. The molecule has 0 aliphatic carbocycles. The van der Waals surface area contributed by atoms with E-state index in [1.807, 2.05) is 20.3 Å². The van der Waals surface area contributed by atoms with Crippen LogP contribution in [0.1, 0.15) is 16.9 Å². The molecular formula is C19H28N4OS. The molecule has 2 heterocycles. The number of benzene rings is 1. The molecule has 0 radical (unpaired) electrons. The predicted octanol–water partition coefficient (Wildman–Crippen LogP) is 2.28. The largest absolute Gasteiger partial charge is 0.396 e. The fraction of sp³-hybridized carbons (Fsp3) is 0.526. The third-order valence-electron chi connectivity index (χ3n) is 4.68. The summed E-state index contributed by atoms with van der Waals surface area (Å²) in [6.07, 6.45) is 2.83. The molecule has 1 aliphatic rings. The molecule has 0 spiro atoms. The van der Waals surface area contributed by atoms with Crippen LogP contribution in [0.4, 0.5) is 5.13 Å². The molecule has 6 heteroatoms. The molecule has 1 saturated heterocycles. The molecule has 136 valence electrons. The van der Waals surface area contributed by atoms with E-state index in [1.54, 1.807) is 11.3 Å². The van der Waals surface area contributed by atoms with Gasteiger partial charge in [0.05, 0.1) is 0 Å². The fourth-order valence-electron chi connectivity index (χ4n) is 3.35. The van der Waals surface area contributed by atoms with Gasteiger partial charge in [-0.2, -0.15) is 0 Å². The zero-order valence-corrected chi connectivity index (χ0v) is 16.0. The minimum Gasteiger partial charge on any atom is -0.396 e. The summed E-state index contributed by atoms with van der Waals surface area (Å²) in [6, 6.07) is 11.0. The molecule has 1 fully saturated rings. The van der Waals surface area contributed by atoms with Crippen molar-refractivity contribution in [3.05, 3.63) is 47.0 Å². The van der Waals surface area contributed by atoms with Crippen LogP contribution < -0.4 is 4.90 Å². The first-order valence-corrected chi connectivity index (χ1v) is 9.70. The van der Waals surface area contributed by atoms with E-state index in [2.05, 4.69) is 50.0 Å². The molecular weight excluding hydrogens is 332 g/mol. The second kappa shape index (κ2) is 8.76. The maximum absolute atomic E-state index is 9.48. The van der Waals surface area contributed by atoms with Crippen LogP contribution in [-0.4, -0.2) is 66.3 Å². The average molecular weight is 361 g/mol. The number of piperazine rings is 1. The van der Waals surface area contributed by atoms with E-state index in [4.69, 9.17) is 0 Å². The van der Waals surface area contributed by atoms with E-state index in [1.165, 1.54) is 10.4 Å². The normalized spacial score (nSPS) is 19.2. The molecule has 1 unspecified atom stereocenters. The van der Waals surface area contributed by atoms with Gasteiger partial charge in [-0.05, 0) is 12.0 Å². The first-order chi connectivity index (χ1) is 12.2. The zero-order chi connectivity index (χ0) is 17.6. The summed E-state index contributed by atoms with van der Waals surface area (Å²) in [5.74, 6) is 0. The minimum absolute atomic E-state index is 0.245. The van der Waals surface area contributed by atoms with Crippen molar-refractivity contribution < 1.29 is 5.11 Å². The van der Waals surface area contributed by atoms with Gasteiger partial charge in [0.2, 0.25) is 0 Å². The van der Waals surface area contributed by atoms with Crippen molar-refractivity contribution in [1.29, 1.82) is 0 Å². The van der Waals surface area contributed by atoms with Crippen molar-refractivity contribution in [3.8, 4) is 0 Å². The highest BCUT2D eigenvalue weighted by Gasteiger charge is 2.27. The van der Waals surface area contributed by atoms with Crippen molar-refractivity contribution >= 4 is 16.5 Å².